The Morgan fingerprint density at radius 3 is 1.97 bits per heavy atom. The Morgan fingerprint density at radius 1 is 0.794 bits per heavy atom. The molecule has 1 heterocycles. The Labute approximate surface area is 203 Å². The van der Waals surface area contributed by atoms with Crippen LogP contribution in [0.15, 0.2) is 77.2 Å². The van der Waals surface area contributed by atoms with E-state index in [9.17, 15) is 9.59 Å². The average molecular weight is 461 g/mol. The molecule has 1 aromatic heterocycles. The smallest absolute Gasteiger partial charge is 0.242 e. The lowest BCUT2D eigenvalue weighted by molar-refractivity contribution is -0.141. The number of hydrogen-bond acceptors (Lipinski definition) is 3. The standard InChI is InChI=1S/C29H36N2O3/c1-23(2)20-31(28(32)17-15-25-10-6-4-7-11-25)22-29(33)30(21-27-16-14-24(3)34-27)19-18-26-12-8-5-9-13-26/h4-14,16,23H,15,17-22H2,1-3H3. The predicted molar refractivity (Wildman–Crippen MR) is 135 cm³/mol. The summed E-state index contributed by atoms with van der Waals surface area (Å²) in [6.45, 7) is 7.65. The van der Waals surface area contributed by atoms with Crippen molar-refractivity contribution in [1.29, 1.82) is 0 Å². The predicted octanol–water partition coefficient (Wildman–Crippen LogP) is 5.28. The summed E-state index contributed by atoms with van der Waals surface area (Å²) in [6, 6.07) is 24.0. The zero-order chi connectivity index (χ0) is 24.3. The van der Waals surface area contributed by atoms with Crippen molar-refractivity contribution in [2.24, 2.45) is 5.92 Å². The molecule has 3 aromatic rings. The maximum atomic E-state index is 13.4. The van der Waals surface area contributed by atoms with E-state index in [-0.39, 0.29) is 24.3 Å². The molecule has 0 bridgehead atoms. The second kappa shape index (κ2) is 12.8. The highest BCUT2D eigenvalue weighted by Gasteiger charge is 2.23. The molecule has 180 valence electrons. The Balaban J connectivity index is 1.68. The molecular weight excluding hydrogens is 424 g/mol. The molecule has 2 aromatic carbocycles. The summed E-state index contributed by atoms with van der Waals surface area (Å²) in [5.41, 5.74) is 2.30. The summed E-state index contributed by atoms with van der Waals surface area (Å²) in [5, 5.41) is 0. The van der Waals surface area contributed by atoms with Crippen molar-refractivity contribution in [3.05, 3.63) is 95.4 Å². The number of nitrogens with zero attached hydrogens (tertiary/aromatic N) is 2. The Hall–Kier alpha value is -3.34. The fourth-order valence-electron chi connectivity index (χ4n) is 3.97. The van der Waals surface area contributed by atoms with Crippen LogP contribution in [0.1, 0.15) is 42.9 Å². The summed E-state index contributed by atoms with van der Waals surface area (Å²) in [4.78, 5) is 30.1. The van der Waals surface area contributed by atoms with Crippen LogP contribution in [0.4, 0.5) is 0 Å². The largest absolute Gasteiger partial charge is 0.464 e. The van der Waals surface area contributed by atoms with Gasteiger partial charge in [-0.25, -0.2) is 0 Å². The number of carbonyl (C=O) groups excluding carboxylic acids is 2. The van der Waals surface area contributed by atoms with Crippen molar-refractivity contribution in [2.45, 2.75) is 46.6 Å². The SMILES string of the molecule is Cc1ccc(CN(CCc2ccccc2)C(=O)CN(CC(C)C)C(=O)CCc2ccccc2)o1. The van der Waals surface area contributed by atoms with Gasteiger partial charge in [0, 0.05) is 19.5 Å². The van der Waals surface area contributed by atoms with Gasteiger partial charge in [-0.1, -0.05) is 74.5 Å². The van der Waals surface area contributed by atoms with Crippen LogP contribution in [0.2, 0.25) is 0 Å². The molecule has 0 atom stereocenters. The minimum absolute atomic E-state index is 0.0164. The molecule has 0 aliphatic heterocycles. The van der Waals surface area contributed by atoms with Crippen molar-refractivity contribution in [3.8, 4) is 0 Å². The van der Waals surface area contributed by atoms with E-state index in [2.05, 4.69) is 26.0 Å². The molecular formula is C29H36N2O3. The fraction of sp³-hybridized carbons (Fsp3) is 0.379. The van der Waals surface area contributed by atoms with Crippen molar-refractivity contribution >= 4 is 11.8 Å². The maximum Gasteiger partial charge on any atom is 0.242 e. The zero-order valence-electron chi connectivity index (χ0n) is 20.6. The third kappa shape index (κ3) is 8.22. The van der Waals surface area contributed by atoms with E-state index >= 15 is 0 Å². The van der Waals surface area contributed by atoms with Crippen LogP contribution in [0, 0.1) is 12.8 Å². The van der Waals surface area contributed by atoms with Gasteiger partial charge in [0.2, 0.25) is 11.8 Å². The lowest BCUT2D eigenvalue weighted by Gasteiger charge is -2.28. The van der Waals surface area contributed by atoms with E-state index in [1.807, 2.05) is 72.5 Å². The first-order valence-corrected chi connectivity index (χ1v) is 12.1. The van der Waals surface area contributed by atoms with E-state index in [0.717, 1.165) is 23.5 Å². The van der Waals surface area contributed by atoms with Gasteiger partial charge in [-0.05, 0) is 48.9 Å². The number of amides is 2. The van der Waals surface area contributed by atoms with Crippen LogP contribution < -0.4 is 0 Å². The van der Waals surface area contributed by atoms with Crippen molar-refractivity contribution in [2.75, 3.05) is 19.6 Å². The van der Waals surface area contributed by atoms with Gasteiger partial charge in [-0.3, -0.25) is 9.59 Å². The molecule has 3 rings (SSSR count). The molecule has 0 radical (unpaired) electrons. The van der Waals surface area contributed by atoms with Gasteiger partial charge in [-0.15, -0.1) is 0 Å². The van der Waals surface area contributed by atoms with Crippen molar-refractivity contribution < 1.29 is 14.0 Å². The van der Waals surface area contributed by atoms with Crippen LogP contribution in [-0.2, 0) is 29.0 Å². The van der Waals surface area contributed by atoms with Gasteiger partial charge in [0.25, 0.3) is 0 Å². The molecule has 34 heavy (non-hydrogen) atoms. The summed E-state index contributed by atoms with van der Waals surface area (Å²) in [6.07, 6.45) is 1.82. The topological polar surface area (TPSA) is 53.8 Å². The van der Waals surface area contributed by atoms with Crippen LogP contribution in [-0.4, -0.2) is 41.2 Å². The molecule has 0 aliphatic rings. The van der Waals surface area contributed by atoms with E-state index in [0.29, 0.717) is 32.5 Å². The minimum atomic E-state index is -0.0568. The third-order valence-electron chi connectivity index (χ3n) is 5.74. The minimum Gasteiger partial charge on any atom is -0.464 e. The Bertz CT molecular complexity index is 1030. The molecule has 2 amide bonds. The Morgan fingerprint density at radius 2 is 1.41 bits per heavy atom. The number of benzene rings is 2. The van der Waals surface area contributed by atoms with Crippen LogP contribution >= 0.6 is 0 Å². The average Bonchev–Trinajstić information content (AvgIpc) is 3.25. The van der Waals surface area contributed by atoms with Gasteiger partial charge in [0.1, 0.15) is 11.5 Å². The van der Waals surface area contributed by atoms with Crippen LogP contribution in [0.25, 0.3) is 0 Å². The second-order valence-electron chi connectivity index (χ2n) is 9.22. The summed E-state index contributed by atoms with van der Waals surface area (Å²) < 4.78 is 5.75. The number of hydrogen-bond donors (Lipinski definition) is 0. The lowest BCUT2D eigenvalue weighted by Crippen LogP contribution is -2.44. The lowest BCUT2D eigenvalue weighted by atomic mass is 10.1. The maximum absolute atomic E-state index is 13.4. The Kier molecular flexibility index (Phi) is 9.51. The van der Waals surface area contributed by atoms with E-state index in [4.69, 9.17) is 4.42 Å². The van der Waals surface area contributed by atoms with Crippen molar-refractivity contribution in [1.82, 2.24) is 9.80 Å². The first-order chi connectivity index (χ1) is 16.4. The molecule has 0 aliphatic carbocycles. The second-order valence-corrected chi connectivity index (χ2v) is 9.22. The fourth-order valence-corrected chi connectivity index (χ4v) is 3.97. The first-order valence-electron chi connectivity index (χ1n) is 12.1. The monoisotopic (exact) mass is 460 g/mol. The quantitative estimate of drug-likeness (QED) is 0.370. The number of carbonyl (C=O) groups is 2. The van der Waals surface area contributed by atoms with Gasteiger partial charge >= 0.3 is 0 Å². The van der Waals surface area contributed by atoms with E-state index in [1.54, 1.807) is 4.90 Å². The first kappa shape index (κ1) is 25.3. The highest BCUT2D eigenvalue weighted by molar-refractivity contribution is 5.85. The molecule has 0 fully saturated rings. The van der Waals surface area contributed by atoms with Gasteiger partial charge < -0.3 is 14.2 Å². The van der Waals surface area contributed by atoms with E-state index in [1.165, 1.54) is 5.56 Å². The van der Waals surface area contributed by atoms with Crippen molar-refractivity contribution in [3.63, 3.8) is 0 Å². The molecule has 0 unspecified atom stereocenters. The van der Waals surface area contributed by atoms with Gasteiger partial charge in [0.15, 0.2) is 0 Å². The number of furan rings is 1. The highest BCUT2D eigenvalue weighted by atomic mass is 16.3. The highest BCUT2D eigenvalue weighted by Crippen LogP contribution is 2.13. The van der Waals surface area contributed by atoms with Gasteiger partial charge in [0.05, 0.1) is 13.1 Å². The summed E-state index contributed by atoms with van der Waals surface area (Å²) in [5.74, 6) is 1.81. The summed E-state index contributed by atoms with van der Waals surface area (Å²) >= 11 is 0. The van der Waals surface area contributed by atoms with Crippen LogP contribution in [0.3, 0.4) is 0 Å². The summed E-state index contributed by atoms with van der Waals surface area (Å²) in [7, 11) is 0. The van der Waals surface area contributed by atoms with Crippen LogP contribution in [0.5, 0.6) is 0 Å². The number of aryl methyl sites for hydroxylation is 2. The molecule has 0 saturated heterocycles. The normalized spacial score (nSPS) is 10.9. The molecule has 5 nitrogen and oxygen atoms in total. The molecule has 0 saturated carbocycles. The van der Waals surface area contributed by atoms with E-state index < -0.39 is 0 Å². The third-order valence-corrected chi connectivity index (χ3v) is 5.74. The molecule has 5 heteroatoms. The zero-order valence-corrected chi connectivity index (χ0v) is 20.6. The number of rotatable bonds is 12. The van der Waals surface area contributed by atoms with Gasteiger partial charge in [-0.2, -0.15) is 0 Å². The molecule has 0 spiro atoms. The molecule has 0 N–H and O–H groups in total.